The summed E-state index contributed by atoms with van der Waals surface area (Å²) in [7, 11) is 0. The minimum Gasteiger partial charge on any atom is -0.490 e. The highest BCUT2D eigenvalue weighted by molar-refractivity contribution is 9.10. The van der Waals surface area contributed by atoms with Crippen LogP contribution in [0.1, 0.15) is 24.5 Å². The highest BCUT2D eigenvalue weighted by atomic mass is 79.9. The molecule has 4 heteroatoms. The van der Waals surface area contributed by atoms with Gasteiger partial charge in [0.05, 0.1) is 12.2 Å². The second-order valence-electron chi connectivity index (χ2n) is 5.14. The van der Waals surface area contributed by atoms with Crippen molar-refractivity contribution in [3.63, 3.8) is 0 Å². The largest absolute Gasteiger partial charge is 0.490 e. The Hall–Kier alpha value is -0.970. The first-order valence-corrected chi connectivity index (χ1v) is 8.82. The van der Waals surface area contributed by atoms with E-state index in [-0.39, 0.29) is 0 Å². The summed E-state index contributed by atoms with van der Waals surface area (Å²) in [5.74, 6) is 1.53. The lowest BCUT2D eigenvalue weighted by Crippen LogP contribution is -2.01. The van der Waals surface area contributed by atoms with Crippen molar-refractivity contribution in [3.8, 4) is 5.75 Å². The minimum absolute atomic E-state index is 0.409. The van der Waals surface area contributed by atoms with Crippen LogP contribution >= 0.6 is 27.7 Å². The average molecular weight is 365 g/mol. The average Bonchev–Trinajstić information content (AvgIpc) is 3.31. The van der Waals surface area contributed by atoms with Crippen LogP contribution in [0.5, 0.6) is 5.75 Å². The molecule has 0 aliphatic heterocycles. The molecule has 0 amide bonds. The van der Waals surface area contributed by atoms with Crippen LogP contribution in [0.4, 0.5) is 0 Å². The van der Waals surface area contributed by atoms with Crippen molar-refractivity contribution in [1.29, 1.82) is 0 Å². The van der Waals surface area contributed by atoms with Crippen LogP contribution in [0.25, 0.3) is 0 Å². The maximum atomic E-state index is 10.3. The zero-order valence-corrected chi connectivity index (χ0v) is 13.9. The Balaban J connectivity index is 1.57. The minimum atomic E-state index is -0.475. The molecule has 110 valence electrons. The molecule has 0 heterocycles. The number of aliphatic hydroxyl groups excluding tert-OH is 1. The second-order valence-corrected chi connectivity index (χ2v) is 7.06. The third-order valence-electron chi connectivity index (χ3n) is 3.33. The molecule has 0 spiro atoms. The van der Waals surface area contributed by atoms with E-state index in [4.69, 9.17) is 4.74 Å². The molecule has 2 nitrogen and oxygen atoms in total. The lowest BCUT2D eigenvalue weighted by Gasteiger charge is -2.12. The van der Waals surface area contributed by atoms with Crippen LogP contribution in [0, 0.1) is 0 Å². The number of aliphatic hydroxyl groups is 1. The summed E-state index contributed by atoms with van der Waals surface area (Å²) >= 11 is 5.17. The molecule has 0 radical (unpaired) electrons. The predicted octanol–water partition coefficient (Wildman–Crippen LogP) is 4.82. The molecule has 3 rings (SSSR count). The van der Waals surface area contributed by atoms with Gasteiger partial charge in [0.2, 0.25) is 0 Å². The molecule has 2 aromatic carbocycles. The van der Waals surface area contributed by atoms with E-state index in [0.29, 0.717) is 11.9 Å². The normalized spacial score (nSPS) is 15.7. The Morgan fingerprint density at radius 2 is 1.86 bits per heavy atom. The van der Waals surface area contributed by atoms with Gasteiger partial charge in [-0.2, -0.15) is 0 Å². The molecule has 1 aliphatic carbocycles. The van der Waals surface area contributed by atoms with Crippen LogP contribution in [-0.4, -0.2) is 17.0 Å². The second kappa shape index (κ2) is 6.86. The molecule has 1 N–H and O–H groups in total. The Morgan fingerprint density at radius 3 is 2.52 bits per heavy atom. The smallest absolute Gasteiger partial charge is 0.119 e. The maximum Gasteiger partial charge on any atom is 0.119 e. The molecule has 2 aromatic rings. The molecule has 0 bridgehead atoms. The third kappa shape index (κ3) is 4.25. The first-order valence-electron chi connectivity index (χ1n) is 7.04. The predicted molar refractivity (Wildman–Crippen MR) is 89.9 cm³/mol. The molecule has 1 unspecified atom stereocenters. The van der Waals surface area contributed by atoms with Crippen LogP contribution in [-0.2, 0) is 0 Å². The number of rotatable bonds is 6. The molecule has 1 atom stereocenters. The van der Waals surface area contributed by atoms with Crippen molar-refractivity contribution in [2.45, 2.75) is 29.9 Å². The molecular formula is C17H17BrO2S. The van der Waals surface area contributed by atoms with Gasteiger partial charge in [-0.3, -0.25) is 0 Å². The zero-order valence-electron chi connectivity index (χ0n) is 11.5. The quantitative estimate of drug-likeness (QED) is 0.745. The van der Waals surface area contributed by atoms with E-state index in [2.05, 4.69) is 15.9 Å². The Bertz CT molecular complexity index is 596. The number of ether oxygens (including phenoxy) is 1. The van der Waals surface area contributed by atoms with Gasteiger partial charge in [0.25, 0.3) is 0 Å². The summed E-state index contributed by atoms with van der Waals surface area (Å²) in [6.07, 6.45) is 2.25. The standard InChI is InChI=1S/C17H17BrO2S/c18-15-3-1-2-4-17(15)21-11-16(19)12-5-7-13(8-6-12)20-14-9-10-14/h1-8,14,16,19H,9-11H2. The van der Waals surface area contributed by atoms with Crippen molar-refractivity contribution < 1.29 is 9.84 Å². The summed E-state index contributed by atoms with van der Waals surface area (Å²) in [6, 6.07) is 15.8. The summed E-state index contributed by atoms with van der Waals surface area (Å²) in [5, 5.41) is 10.3. The van der Waals surface area contributed by atoms with Crippen LogP contribution in [0.3, 0.4) is 0 Å². The molecule has 0 saturated heterocycles. The molecule has 21 heavy (non-hydrogen) atoms. The van der Waals surface area contributed by atoms with Crippen LogP contribution in [0.2, 0.25) is 0 Å². The van der Waals surface area contributed by atoms with E-state index in [0.717, 1.165) is 33.5 Å². The Labute approximate surface area is 137 Å². The number of benzene rings is 2. The van der Waals surface area contributed by atoms with Gasteiger partial charge in [0.1, 0.15) is 5.75 Å². The molecular weight excluding hydrogens is 348 g/mol. The van der Waals surface area contributed by atoms with Gasteiger partial charge in [-0.25, -0.2) is 0 Å². The summed E-state index contributed by atoms with van der Waals surface area (Å²) < 4.78 is 6.78. The number of hydrogen-bond donors (Lipinski definition) is 1. The fraction of sp³-hybridized carbons (Fsp3) is 0.294. The Morgan fingerprint density at radius 1 is 1.14 bits per heavy atom. The highest BCUT2D eigenvalue weighted by Crippen LogP contribution is 2.31. The molecule has 0 aromatic heterocycles. The van der Waals surface area contributed by atoms with E-state index in [1.165, 1.54) is 0 Å². The maximum absolute atomic E-state index is 10.3. The van der Waals surface area contributed by atoms with Crippen molar-refractivity contribution in [3.05, 3.63) is 58.6 Å². The highest BCUT2D eigenvalue weighted by Gasteiger charge is 2.23. The lowest BCUT2D eigenvalue weighted by atomic mass is 10.1. The van der Waals surface area contributed by atoms with E-state index < -0.39 is 6.10 Å². The zero-order chi connectivity index (χ0) is 14.7. The Kier molecular flexibility index (Phi) is 4.88. The number of halogens is 1. The van der Waals surface area contributed by atoms with Crippen LogP contribution < -0.4 is 4.74 Å². The van der Waals surface area contributed by atoms with Gasteiger partial charge >= 0.3 is 0 Å². The fourth-order valence-corrected chi connectivity index (χ4v) is 3.51. The van der Waals surface area contributed by atoms with E-state index >= 15 is 0 Å². The van der Waals surface area contributed by atoms with Crippen molar-refractivity contribution in [2.75, 3.05) is 5.75 Å². The number of thioether (sulfide) groups is 1. The summed E-state index contributed by atoms with van der Waals surface area (Å²) in [5.41, 5.74) is 0.928. The molecule has 1 fully saturated rings. The van der Waals surface area contributed by atoms with Gasteiger partial charge in [-0.05, 0) is 58.6 Å². The third-order valence-corrected chi connectivity index (χ3v) is 5.43. The van der Waals surface area contributed by atoms with Gasteiger partial charge in [-0.15, -0.1) is 11.8 Å². The number of hydrogen-bond acceptors (Lipinski definition) is 3. The molecule has 1 saturated carbocycles. The van der Waals surface area contributed by atoms with Crippen molar-refractivity contribution in [1.82, 2.24) is 0 Å². The van der Waals surface area contributed by atoms with Gasteiger partial charge in [0.15, 0.2) is 0 Å². The van der Waals surface area contributed by atoms with E-state index in [9.17, 15) is 5.11 Å². The van der Waals surface area contributed by atoms with Gasteiger partial charge in [-0.1, -0.05) is 24.3 Å². The lowest BCUT2D eigenvalue weighted by molar-refractivity contribution is 0.204. The van der Waals surface area contributed by atoms with Crippen LogP contribution in [0.15, 0.2) is 57.9 Å². The van der Waals surface area contributed by atoms with E-state index in [1.807, 2.05) is 48.5 Å². The summed E-state index contributed by atoms with van der Waals surface area (Å²) in [4.78, 5) is 1.14. The topological polar surface area (TPSA) is 29.5 Å². The SMILES string of the molecule is OC(CSc1ccccc1Br)c1ccc(OC2CC2)cc1. The fourth-order valence-electron chi connectivity index (χ4n) is 1.97. The first-order chi connectivity index (χ1) is 10.2. The van der Waals surface area contributed by atoms with Crippen molar-refractivity contribution >= 4 is 27.7 Å². The first kappa shape index (κ1) is 14.9. The monoisotopic (exact) mass is 364 g/mol. The summed E-state index contributed by atoms with van der Waals surface area (Å²) in [6.45, 7) is 0. The van der Waals surface area contributed by atoms with E-state index in [1.54, 1.807) is 11.8 Å². The molecule has 1 aliphatic rings. The van der Waals surface area contributed by atoms with Crippen molar-refractivity contribution in [2.24, 2.45) is 0 Å². The van der Waals surface area contributed by atoms with Gasteiger partial charge in [0, 0.05) is 15.1 Å². The van der Waals surface area contributed by atoms with Gasteiger partial charge < -0.3 is 9.84 Å².